The van der Waals surface area contributed by atoms with Gasteiger partial charge in [-0.05, 0) is 74.0 Å². The van der Waals surface area contributed by atoms with Gasteiger partial charge in [0.2, 0.25) is 0 Å². The van der Waals surface area contributed by atoms with E-state index in [0.717, 1.165) is 18.7 Å². The van der Waals surface area contributed by atoms with E-state index in [1.54, 1.807) is 0 Å². The summed E-state index contributed by atoms with van der Waals surface area (Å²) in [6, 6.07) is 18.0. The van der Waals surface area contributed by atoms with Crippen molar-refractivity contribution in [3.63, 3.8) is 0 Å². The highest BCUT2D eigenvalue weighted by molar-refractivity contribution is 8.00. The van der Waals surface area contributed by atoms with Gasteiger partial charge >= 0.3 is 0 Å². The van der Waals surface area contributed by atoms with E-state index in [1.165, 1.54) is 54.9 Å². The van der Waals surface area contributed by atoms with Crippen molar-refractivity contribution in [2.75, 3.05) is 29.7 Å². The number of ether oxygens (including phenoxy) is 1. The number of benzene rings is 2. The highest BCUT2D eigenvalue weighted by Gasteiger charge is 2.38. The van der Waals surface area contributed by atoms with Gasteiger partial charge in [-0.25, -0.2) is 0 Å². The van der Waals surface area contributed by atoms with Crippen LogP contribution in [0.3, 0.4) is 0 Å². The summed E-state index contributed by atoms with van der Waals surface area (Å²) in [7, 11) is 0. The summed E-state index contributed by atoms with van der Waals surface area (Å²) in [5.41, 5.74) is 4.11. The molecule has 2 fully saturated rings. The van der Waals surface area contributed by atoms with Crippen LogP contribution >= 0.6 is 11.9 Å². The lowest BCUT2D eigenvalue weighted by Gasteiger charge is -2.30. The molecule has 136 valence electrons. The van der Waals surface area contributed by atoms with E-state index in [0.29, 0.717) is 6.04 Å². The lowest BCUT2D eigenvalue weighted by Crippen LogP contribution is -2.38. The van der Waals surface area contributed by atoms with Gasteiger partial charge in [-0.3, -0.25) is 4.90 Å². The summed E-state index contributed by atoms with van der Waals surface area (Å²) in [5, 5.41) is 0. The second-order valence-corrected chi connectivity index (χ2v) is 8.65. The molecule has 0 spiro atoms. The molecule has 2 saturated heterocycles. The third kappa shape index (κ3) is 3.10. The van der Waals surface area contributed by atoms with Crippen LogP contribution in [0.15, 0.2) is 48.5 Å². The lowest BCUT2D eigenvalue weighted by atomic mass is 10.1. The van der Waals surface area contributed by atoms with Gasteiger partial charge in [-0.2, -0.15) is 0 Å². The third-order valence-electron chi connectivity index (χ3n) is 5.87. The second-order valence-electron chi connectivity index (χ2n) is 7.54. The van der Waals surface area contributed by atoms with E-state index in [4.69, 9.17) is 4.74 Å². The standard InChI is InChI=1S/C22H26N2OS/c1-2-10-20-17(7-1)15-21(23-11-3-4-12-23)22(20)25-19-9-5-8-18(16-19)24-13-6-14-26-24/h1-2,5,7-10,16,21-22H,3-4,6,11-15H2. The molecule has 2 aliphatic heterocycles. The van der Waals surface area contributed by atoms with Gasteiger partial charge < -0.3 is 9.04 Å². The molecule has 0 saturated carbocycles. The van der Waals surface area contributed by atoms with Gasteiger partial charge in [0.25, 0.3) is 0 Å². The smallest absolute Gasteiger partial charge is 0.140 e. The summed E-state index contributed by atoms with van der Waals surface area (Å²) in [6.45, 7) is 3.56. The minimum Gasteiger partial charge on any atom is -0.484 e. The Morgan fingerprint density at radius 3 is 2.65 bits per heavy atom. The SMILES string of the molecule is c1cc(OC2c3ccccc3CC2N2CCCC2)cc(N2CCCS2)c1. The number of hydrogen-bond acceptors (Lipinski definition) is 4. The molecule has 0 amide bonds. The first-order valence-corrected chi connectivity index (χ1v) is 10.8. The topological polar surface area (TPSA) is 15.7 Å². The maximum atomic E-state index is 6.65. The maximum Gasteiger partial charge on any atom is 0.140 e. The van der Waals surface area contributed by atoms with E-state index < -0.39 is 0 Å². The molecule has 4 heteroatoms. The fourth-order valence-electron chi connectivity index (χ4n) is 4.58. The molecule has 2 heterocycles. The Hall–Kier alpha value is -1.65. The average molecular weight is 367 g/mol. The van der Waals surface area contributed by atoms with Crippen molar-refractivity contribution < 1.29 is 4.74 Å². The van der Waals surface area contributed by atoms with Crippen molar-refractivity contribution in [3.05, 3.63) is 59.7 Å². The second kappa shape index (κ2) is 7.16. The number of rotatable bonds is 4. The van der Waals surface area contributed by atoms with Crippen LogP contribution in [0.25, 0.3) is 0 Å². The van der Waals surface area contributed by atoms with E-state index >= 15 is 0 Å². The number of anilines is 1. The molecule has 2 aromatic rings. The number of hydrogen-bond donors (Lipinski definition) is 0. The molecule has 3 aliphatic rings. The van der Waals surface area contributed by atoms with Crippen LogP contribution in [0.1, 0.15) is 36.5 Å². The summed E-state index contributed by atoms with van der Waals surface area (Å²) >= 11 is 1.93. The third-order valence-corrected chi connectivity index (χ3v) is 7.05. The zero-order valence-corrected chi connectivity index (χ0v) is 16.0. The molecule has 2 unspecified atom stereocenters. The van der Waals surface area contributed by atoms with Gasteiger partial charge in [0.15, 0.2) is 0 Å². The highest BCUT2D eigenvalue weighted by Crippen LogP contribution is 2.40. The van der Waals surface area contributed by atoms with Gasteiger partial charge in [0, 0.05) is 18.4 Å². The first-order chi connectivity index (χ1) is 12.9. The van der Waals surface area contributed by atoms with Crippen LogP contribution in [0.4, 0.5) is 5.69 Å². The fraction of sp³-hybridized carbons (Fsp3) is 0.455. The lowest BCUT2D eigenvalue weighted by molar-refractivity contribution is 0.0941. The molecule has 26 heavy (non-hydrogen) atoms. The van der Waals surface area contributed by atoms with Gasteiger partial charge in [-0.1, -0.05) is 30.3 Å². The van der Waals surface area contributed by atoms with Gasteiger partial charge in [0.1, 0.15) is 11.9 Å². The molecule has 2 aromatic carbocycles. The van der Waals surface area contributed by atoms with Gasteiger partial charge in [-0.15, -0.1) is 0 Å². The predicted molar refractivity (Wildman–Crippen MR) is 109 cm³/mol. The Bertz CT molecular complexity index is 768. The summed E-state index contributed by atoms with van der Waals surface area (Å²) in [6.07, 6.45) is 5.17. The normalized spacial score (nSPS) is 25.6. The van der Waals surface area contributed by atoms with E-state index in [9.17, 15) is 0 Å². The van der Waals surface area contributed by atoms with Crippen LogP contribution in [0.2, 0.25) is 0 Å². The predicted octanol–water partition coefficient (Wildman–Crippen LogP) is 4.69. The molecule has 0 radical (unpaired) electrons. The Morgan fingerprint density at radius 1 is 0.923 bits per heavy atom. The minimum atomic E-state index is 0.144. The Kier molecular flexibility index (Phi) is 4.55. The number of likely N-dealkylation sites (tertiary alicyclic amines) is 1. The number of fused-ring (bicyclic) bond motifs is 1. The molecule has 0 N–H and O–H groups in total. The van der Waals surface area contributed by atoms with E-state index in [-0.39, 0.29) is 6.10 Å². The van der Waals surface area contributed by atoms with E-state index in [1.807, 2.05) is 11.9 Å². The molecule has 3 nitrogen and oxygen atoms in total. The zero-order valence-electron chi connectivity index (χ0n) is 15.1. The van der Waals surface area contributed by atoms with Gasteiger partial charge in [0.05, 0.1) is 11.7 Å². The first-order valence-electron chi connectivity index (χ1n) is 9.87. The molecular formula is C22H26N2OS. The molecule has 5 rings (SSSR count). The summed E-state index contributed by atoms with van der Waals surface area (Å²) in [4.78, 5) is 2.64. The largest absolute Gasteiger partial charge is 0.484 e. The van der Waals surface area contributed by atoms with Crippen molar-refractivity contribution in [2.24, 2.45) is 0 Å². The van der Waals surface area contributed by atoms with E-state index in [2.05, 4.69) is 57.7 Å². The molecule has 1 aliphatic carbocycles. The Balaban J connectivity index is 1.42. The van der Waals surface area contributed by atoms with Crippen molar-refractivity contribution in [1.82, 2.24) is 4.90 Å². The number of nitrogens with zero attached hydrogens (tertiary/aromatic N) is 2. The quantitative estimate of drug-likeness (QED) is 0.730. The molecular weight excluding hydrogens is 340 g/mol. The zero-order chi connectivity index (χ0) is 17.3. The average Bonchev–Trinajstić information content (AvgIpc) is 3.43. The first kappa shape index (κ1) is 16.5. The van der Waals surface area contributed by atoms with Crippen LogP contribution in [0, 0.1) is 0 Å². The van der Waals surface area contributed by atoms with Crippen molar-refractivity contribution in [1.29, 1.82) is 0 Å². The Morgan fingerprint density at radius 2 is 1.81 bits per heavy atom. The van der Waals surface area contributed by atoms with Crippen molar-refractivity contribution >= 4 is 17.6 Å². The molecule has 2 atom stereocenters. The van der Waals surface area contributed by atoms with Crippen molar-refractivity contribution in [2.45, 2.75) is 37.8 Å². The molecule has 0 aromatic heterocycles. The monoisotopic (exact) mass is 366 g/mol. The Labute approximate surface area is 160 Å². The minimum absolute atomic E-state index is 0.144. The van der Waals surface area contributed by atoms with Crippen LogP contribution in [-0.2, 0) is 6.42 Å². The maximum absolute atomic E-state index is 6.65. The van der Waals surface area contributed by atoms with Crippen molar-refractivity contribution in [3.8, 4) is 5.75 Å². The summed E-state index contributed by atoms with van der Waals surface area (Å²) in [5.74, 6) is 2.22. The van der Waals surface area contributed by atoms with Crippen LogP contribution in [-0.4, -0.2) is 36.3 Å². The van der Waals surface area contributed by atoms with Crippen LogP contribution in [0.5, 0.6) is 5.75 Å². The fourth-order valence-corrected chi connectivity index (χ4v) is 5.58. The molecule has 0 bridgehead atoms. The summed E-state index contributed by atoms with van der Waals surface area (Å²) < 4.78 is 9.05. The highest BCUT2D eigenvalue weighted by atomic mass is 32.2. The van der Waals surface area contributed by atoms with Crippen LogP contribution < -0.4 is 9.04 Å².